The molecule has 1 saturated heterocycles. The topological polar surface area (TPSA) is 41.0 Å². The number of nitrogens with zero attached hydrogens (tertiary/aromatic N) is 3. The number of halogens is 4. The number of aromatic nitrogens is 2. The van der Waals surface area contributed by atoms with Crippen LogP contribution in [-0.4, -0.2) is 41.0 Å². The summed E-state index contributed by atoms with van der Waals surface area (Å²) in [5.41, 5.74) is -1.03. The van der Waals surface area contributed by atoms with E-state index in [2.05, 4.69) is 20.2 Å². The lowest BCUT2D eigenvalue weighted by Gasteiger charge is -2.26. The maximum Gasteiger partial charge on any atom is 0.433 e. The van der Waals surface area contributed by atoms with Gasteiger partial charge < -0.3 is 10.2 Å². The Morgan fingerprint density at radius 1 is 1.20 bits per heavy atom. The lowest BCUT2D eigenvalue weighted by molar-refractivity contribution is -0.141. The Kier molecular flexibility index (Phi) is 5.04. The zero-order chi connectivity index (χ0) is 14.6. The molecule has 0 aromatic carbocycles. The van der Waals surface area contributed by atoms with Gasteiger partial charge in [-0.05, 0) is 37.5 Å². The fourth-order valence-corrected chi connectivity index (χ4v) is 2.36. The smallest absolute Gasteiger partial charge is 0.369 e. The quantitative estimate of drug-likeness (QED) is 0.868. The molecule has 0 bridgehead atoms. The second-order valence-electron chi connectivity index (χ2n) is 4.73. The summed E-state index contributed by atoms with van der Waals surface area (Å²) in [6.07, 6.45) is -0.911. The minimum Gasteiger partial charge on any atom is -0.369 e. The van der Waals surface area contributed by atoms with Crippen LogP contribution in [0.1, 0.15) is 25.0 Å². The Hall–Kier alpha value is -1.08. The lowest BCUT2D eigenvalue weighted by Crippen LogP contribution is -2.33. The Bertz CT molecular complexity index is 447. The van der Waals surface area contributed by atoms with Gasteiger partial charge in [0.05, 0.1) is 0 Å². The molecule has 0 atom stereocenters. The van der Waals surface area contributed by atoms with Crippen LogP contribution in [0.2, 0.25) is 5.28 Å². The average molecular weight is 309 g/mol. The van der Waals surface area contributed by atoms with Crippen molar-refractivity contribution < 1.29 is 13.2 Å². The van der Waals surface area contributed by atoms with Gasteiger partial charge in [-0.25, -0.2) is 9.97 Å². The van der Waals surface area contributed by atoms with Gasteiger partial charge in [0.25, 0.3) is 0 Å². The zero-order valence-corrected chi connectivity index (χ0v) is 11.6. The lowest BCUT2D eigenvalue weighted by atomic mass is 10.1. The van der Waals surface area contributed by atoms with Crippen molar-refractivity contribution >= 4 is 17.4 Å². The highest BCUT2D eigenvalue weighted by molar-refractivity contribution is 6.28. The summed E-state index contributed by atoms with van der Waals surface area (Å²) < 4.78 is 37.7. The molecule has 2 heterocycles. The van der Waals surface area contributed by atoms with Gasteiger partial charge in [0.15, 0.2) is 5.69 Å². The molecule has 4 nitrogen and oxygen atoms in total. The molecule has 0 saturated carbocycles. The highest BCUT2D eigenvalue weighted by atomic mass is 35.5. The number of likely N-dealkylation sites (tertiary alicyclic amines) is 1. The van der Waals surface area contributed by atoms with Crippen LogP contribution in [-0.2, 0) is 6.18 Å². The summed E-state index contributed by atoms with van der Waals surface area (Å²) >= 11 is 5.51. The van der Waals surface area contributed by atoms with Gasteiger partial charge in [0.1, 0.15) is 5.82 Å². The molecule has 1 aliphatic heterocycles. The number of rotatable bonds is 4. The molecule has 2 rings (SSSR count). The Balaban J connectivity index is 1.90. The summed E-state index contributed by atoms with van der Waals surface area (Å²) in [5.74, 6) is 0.106. The van der Waals surface area contributed by atoms with E-state index >= 15 is 0 Å². The van der Waals surface area contributed by atoms with Crippen molar-refractivity contribution in [2.45, 2.75) is 25.4 Å². The van der Waals surface area contributed by atoms with Gasteiger partial charge in [-0.1, -0.05) is 6.42 Å². The fourth-order valence-electron chi connectivity index (χ4n) is 2.18. The normalized spacial score (nSPS) is 17.2. The minimum absolute atomic E-state index is 0.106. The van der Waals surface area contributed by atoms with Crippen LogP contribution in [0.5, 0.6) is 0 Å². The van der Waals surface area contributed by atoms with Crippen molar-refractivity contribution in [2.24, 2.45) is 0 Å². The third kappa shape index (κ3) is 4.49. The SMILES string of the molecule is FC(F)(F)c1cc(NCCN2CCCCC2)nc(Cl)n1. The predicted molar refractivity (Wildman–Crippen MR) is 70.8 cm³/mol. The molecular weight excluding hydrogens is 293 g/mol. The van der Waals surface area contributed by atoms with Crippen LogP contribution < -0.4 is 5.32 Å². The molecule has 0 amide bonds. The van der Waals surface area contributed by atoms with E-state index in [1.165, 1.54) is 19.3 Å². The summed E-state index contributed by atoms with van der Waals surface area (Å²) in [7, 11) is 0. The van der Waals surface area contributed by atoms with E-state index in [4.69, 9.17) is 11.6 Å². The van der Waals surface area contributed by atoms with E-state index in [1.807, 2.05) is 0 Å². The summed E-state index contributed by atoms with van der Waals surface area (Å²) in [4.78, 5) is 9.22. The van der Waals surface area contributed by atoms with Crippen molar-refractivity contribution in [2.75, 3.05) is 31.5 Å². The first kappa shape index (κ1) is 15.3. The first-order chi connectivity index (χ1) is 9.45. The standard InChI is InChI=1S/C12H16ClF3N4/c13-11-18-9(12(14,15)16)8-10(19-11)17-4-7-20-5-2-1-3-6-20/h8H,1-7H2,(H,17,18,19). The highest BCUT2D eigenvalue weighted by Gasteiger charge is 2.33. The van der Waals surface area contributed by atoms with E-state index in [0.29, 0.717) is 6.54 Å². The monoisotopic (exact) mass is 308 g/mol. The molecule has 1 aliphatic rings. The van der Waals surface area contributed by atoms with Gasteiger partial charge in [0, 0.05) is 19.2 Å². The first-order valence-electron chi connectivity index (χ1n) is 6.53. The number of anilines is 1. The van der Waals surface area contributed by atoms with Crippen molar-refractivity contribution in [1.82, 2.24) is 14.9 Å². The van der Waals surface area contributed by atoms with Crippen LogP contribution in [0.15, 0.2) is 6.07 Å². The van der Waals surface area contributed by atoms with Crippen LogP contribution >= 0.6 is 11.6 Å². The maximum atomic E-state index is 12.6. The number of hydrogen-bond donors (Lipinski definition) is 1. The van der Waals surface area contributed by atoms with Crippen molar-refractivity contribution in [3.05, 3.63) is 17.0 Å². The van der Waals surface area contributed by atoms with Crippen molar-refractivity contribution in [1.29, 1.82) is 0 Å². The van der Waals surface area contributed by atoms with E-state index in [-0.39, 0.29) is 5.82 Å². The molecule has 0 spiro atoms. The van der Waals surface area contributed by atoms with Crippen LogP contribution in [0.25, 0.3) is 0 Å². The van der Waals surface area contributed by atoms with Crippen LogP contribution in [0, 0.1) is 0 Å². The third-order valence-electron chi connectivity index (χ3n) is 3.17. The second kappa shape index (κ2) is 6.58. The molecule has 0 aliphatic carbocycles. The van der Waals surface area contributed by atoms with Gasteiger partial charge in [-0.15, -0.1) is 0 Å². The Labute approximate surface area is 120 Å². The molecule has 112 valence electrons. The molecular formula is C12H16ClF3N4. The van der Waals surface area contributed by atoms with Crippen molar-refractivity contribution in [3.8, 4) is 0 Å². The average Bonchev–Trinajstić information content (AvgIpc) is 2.38. The van der Waals surface area contributed by atoms with Crippen molar-refractivity contribution in [3.63, 3.8) is 0 Å². The molecule has 1 N–H and O–H groups in total. The largest absolute Gasteiger partial charge is 0.433 e. The predicted octanol–water partition coefficient (Wildman–Crippen LogP) is 3.05. The molecule has 1 fully saturated rings. The molecule has 20 heavy (non-hydrogen) atoms. The number of piperidine rings is 1. The van der Waals surface area contributed by atoms with E-state index in [9.17, 15) is 13.2 Å². The van der Waals surface area contributed by atoms with Gasteiger partial charge in [-0.2, -0.15) is 13.2 Å². The fraction of sp³-hybridized carbons (Fsp3) is 0.667. The Morgan fingerprint density at radius 3 is 2.55 bits per heavy atom. The molecule has 0 unspecified atom stereocenters. The van der Waals surface area contributed by atoms with Gasteiger partial charge >= 0.3 is 6.18 Å². The molecule has 0 radical (unpaired) electrons. The zero-order valence-electron chi connectivity index (χ0n) is 10.9. The molecule has 8 heteroatoms. The number of nitrogens with one attached hydrogen (secondary N) is 1. The van der Waals surface area contributed by atoms with E-state index in [1.54, 1.807) is 0 Å². The van der Waals surface area contributed by atoms with Gasteiger partial charge in [0.2, 0.25) is 5.28 Å². The summed E-state index contributed by atoms with van der Waals surface area (Å²) in [6, 6.07) is 0.877. The minimum atomic E-state index is -4.52. The molecule has 1 aromatic heterocycles. The highest BCUT2D eigenvalue weighted by Crippen LogP contribution is 2.29. The Morgan fingerprint density at radius 2 is 1.90 bits per heavy atom. The maximum absolute atomic E-state index is 12.6. The van der Waals surface area contributed by atoms with E-state index in [0.717, 1.165) is 25.7 Å². The number of hydrogen-bond acceptors (Lipinski definition) is 4. The molecule has 1 aromatic rings. The van der Waals surface area contributed by atoms with E-state index < -0.39 is 17.2 Å². The van der Waals surface area contributed by atoms with Crippen LogP contribution in [0.3, 0.4) is 0 Å². The summed E-state index contributed by atoms with van der Waals surface area (Å²) in [5, 5.41) is 2.47. The second-order valence-corrected chi connectivity index (χ2v) is 5.07. The van der Waals surface area contributed by atoms with Crippen LogP contribution in [0.4, 0.5) is 19.0 Å². The summed E-state index contributed by atoms with van der Waals surface area (Å²) in [6.45, 7) is 3.40. The number of alkyl halides is 3. The first-order valence-corrected chi connectivity index (χ1v) is 6.91. The third-order valence-corrected chi connectivity index (χ3v) is 3.34. The van der Waals surface area contributed by atoms with Gasteiger partial charge in [-0.3, -0.25) is 0 Å².